The van der Waals surface area contributed by atoms with Crippen molar-refractivity contribution in [2.45, 2.75) is 19.0 Å². The van der Waals surface area contributed by atoms with E-state index in [1.807, 2.05) is 0 Å². The number of halogens is 2. The molecule has 2 aromatic carbocycles. The fraction of sp³-hybridized carbons (Fsp3) is 0.350. The SMILES string of the molecule is CN(C)[C@@H](C(=O)N(CCCO)Cc1ccc(F)cc1)c1ccc(F)cc1. The first-order chi connectivity index (χ1) is 12.4. The molecule has 0 bridgehead atoms. The maximum Gasteiger partial charge on any atom is 0.244 e. The van der Waals surface area contributed by atoms with Gasteiger partial charge in [-0.3, -0.25) is 9.69 Å². The molecule has 0 heterocycles. The van der Waals surface area contributed by atoms with Gasteiger partial charge in [-0.1, -0.05) is 24.3 Å². The summed E-state index contributed by atoms with van der Waals surface area (Å²) in [6, 6.07) is 11.3. The van der Waals surface area contributed by atoms with Crippen molar-refractivity contribution in [1.29, 1.82) is 0 Å². The summed E-state index contributed by atoms with van der Waals surface area (Å²) in [7, 11) is 3.57. The van der Waals surface area contributed by atoms with Gasteiger partial charge in [-0.25, -0.2) is 8.78 Å². The van der Waals surface area contributed by atoms with Crippen molar-refractivity contribution in [3.05, 3.63) is 71.3 Å². The number of amides is 1. The fourth-order valence-electron chi connectivity index (χ4n) is 2.82. The Morgan fingerprint density at radius 2 is 1.54 bits per heavy atom. The Bertz CT molecular complexity index is 703. The molecule has 0 aliphatic rings. The van der Waals surface area contributed by atoms with Gasteiger partial charge in [-0.2, -0.15) is 0 Å². The molecule has 0 radical (unpaired) electrons. The van der Waals surface area contributed by atoms with Crippen LogP contribution in [0.1, 0.15) is 23.6 Å². The second-order valence-corrected chi connectivity index (χ2v) is 6.38. The molecule has 0 aliphatic carbocycles. The van der Waals surface area contributed by atoms with E-state index in [0.29, 0.717) is 25.1 Å². The van der Waals surface area contributed by atoms with Gasteiger partial charge in [0.15, 0.2) is 0 Å². The highest BCUT2D eigenvalue weighted by molar-refractivity contribution is 5.83. The van der Waals surface area contributed by atoms with Crippen LogP contribution in [0.2, 0.25) is 0 Å². The number of carbonyl (C=O) groups is 1. The average molecular weight is 362 g/mol. The molecular weight excluding hydrogens is 338 g/mol. The van der Waals surface area contributed by atoms with E-state index in [1.54, 1.807) is 48.2 Å². The van der Waals surface area contributed by atoms with Crippen LogP contribution in [0, 0.1) is 11.6 Å². The zero-order chi connectivity index (χ0) is 19.1. The van der Waals surface area contributed by atoms with Gasteiger partial charge in [0.25, 0.3) is 0 Å². The van der Waals surface area contributed by atoms with Crippen LogP contribution in [0.5, 0.6) is 0 Å². The largest absolute Gasteiger partial charge is 0.396 e. The Morgan fingerprint density at radius 3 is 2.04 bits per heavy atom. The fourth-order valence-corrected chi connectivity index (χ4v) is 2.82. The van der Waals surface area contributed by atoms with Crippen LogP contribution in [-0.4, -0.2) is 48.1 Å². The molecule has 140 valence electrons. The monoisotopic (exact) mass is 362 g/mol. The molecule has 0 spiro atoms. The highest BCUT2D eigenvalue weighted by Gasteiger charge is 2.27. The van der Waals surface area contributed by atoms with Crippen LogP contribution in [0.3, 0.4) is 0 Å². The summed E-state index contributed by atoms with van der Waals surface area (Å²) in [6.45, 7) is 0.652. The first-order valence-corrected chi connectivity index (χ1v) is 8.48. The number of likely N-dealkylation sites (N-methyl/N-ethyl adjacent to an activating group) is 1. The van der Waals surface area contributed by atoms with Gasteiger partial charge in [-0.05, 0) is 55.9 Å². The van der Waals surface area contributed by atoms with Gasteiger partial charge >= 0.3 is 0 Å². The smallest absolute Gasteiger partial charge is 0.244 e. The van der Waals surface area contributed by atoms with Crippen LogP contribution in [0.25, 0.3) is 0 Å². The molecule has 26 heavy (non-hydrogen) atoms. The molecule has 6 heteroatoms. The topological polar surface area (TPSA) is 43.8 Å². The van der Waals surface area contributed by atoms with Crippen molar-refractivity contribution in [3.8, 4) is 0 Å². The molecule has 0 aliphatic heterocycles. The molecular formula is C20H24F2N2O2. The molecule has 1 atom stereocenters. The van der Waals surface area contributed by atoms with Crippen molar-refractivity contribution in [3.63, 3.8) is 0 Å². The van der Waals surface area contributed by atoms with Crippen molar-refractivity contribution < 1.29 is 18.7 Å². The van der Waals surface area contributed by atoms with E-state index < -0.39 is 6.04 Å². The summed E-state index contributed by atoms with van der Waals surface area (Å²) >= 11 is 0. The van der Waals surface area contributed by atoms with Gasteiger partial charge in [0, 0.05) is 19.7 Å². The quantitative estimate of drug-likeness (QED) is 0.785. The zero-order valence-electron chi connectivity index (χ0n) is 15.0. The first kappa shape index (κ1) is 20.0. The molecule has 0 aromatic heterocycles. The molecule has 1 amide bonds. The third-order valence-corrected chi connectivity index (χ3v) is 4.12. The third kappa shape index (κ3) is 5.34. The predicted molar refractivity (Wildman–Crippen MR) is 96.3 cm³/mol. The minimum Gasteiger partial charge on any atom is -0.396 e. The van der Waals surface area contributed by atoms with Crippen molar-refractivity contribution in [2.75, 3.05) is 27.2 Å². The molecule has 1 N–H and O–H groups in total. The summed E-state index contributed by atoms with van der Waals surface area (Å²) < 4.78 is 26.4. The number of hydrogen-bond donors (Lipinski definition) is 1. The highest BCUT2D eigenvalue weighted by atomic mass is 19.1. The number of nitrogens with zero attached hydrogens (tertiary/aromatic N) is 2. The van der Waals surface area contributed by atoms with Gasteiger partial charge in [-0.15, -0.1) is 0 Å². The normalized spacial score (nSPS) is 12.2. The van der Waals surface area contributed by atoms with E-state index in [2.05, 4.69) is 0 Å². The van der Waals surface area contributed by atoms with Crippen LogP contribution in [-0.2, 0) is 11.3 Å². The van der Waals surface area contributed by atoms with Gasteiger partial charge < -0.3 is 10.0 Å². The van der Waals surface area contributed by atoms with E-state index in [-0.39, 0.29) is 24.1 Å². The van der Waals surface area contributed by atoms with Gasteiger partial charge in [0.2, 0.25) is 5.91 Å². The lowest BCUT2D eigenvalue weighted by molar-refractivity contribution is -0.137. The Morgan fingerprint density at radius 1 is 1.00 bits per heavy atom. The molecule has 0 saturated carbocycles. The van der Waals surface area contributed by atoms with Crippen molar-refractivity contribution >= 4 is 5.91 Å². The van der Waals surface area contributed by atoms with Gasteiger partial charge in [0.1, 0.15) is 17.7 Å². The predicted octanol–water partition coefficient (Wildman–Crippen LogP) is 2.98. The van der Waals surface area contributed by atoms with Crippen LogP contribution < -0.4 is 0 Å². The van der Waals surface area contributed by atoms with Crippen LogP contribution in [0.15, 0.2) is 48.5 Å². The number of benzene rings is 2. The molecule has 0 fully saturated rings. The summed E-state index contributed by atoms with van der Waals surface area (Å²) in [4.78, 5) is 16.6. The number of carbonyl (C=O) groups excluding carboxylic acids is 1. The maximum absolute atomic E-state index is 13.2. The highest BCUT2D eigenvalue weighted by Crippen LogP contribution is 2.23. The third-order valence-electron chi connectivity index (χ3n) is 4.12. The Hall–Kier alpha value is -2.31. The summed E-state index contributed by atoms with van der Waals surface area (Å²) in [6.07, 6.45) is 0.441. The lowest BCUT2D eigenvalue weighted by Gasteiger charge is -2.31. The minimum absolute atomic E-state index is 0.0314. The summed E-state index contributed by atoms with van der Waals surface area (Å²) in [5.41, 5.74) is 1.49. The summed E-state index contributed by atoms with van der Waals surface area (Å²) in [5.74, 6) is -0.846. The van der Waals surface area contributed by atoms with E-state index in [0.717, 1.165) is 5.56 Å². The van der Waals surface area contributed by atoms with E-state index in [9.17, 15) is 13.6 Å². The van der Waals surface area contributed by atoms with Crippen LogP contribution in [0.4, 0.5) is 8.78 Å². The van der Waals surface area contributed by atoms with Gasteiger partial charge in [0.05, 0.1) is 0 Å². The van der Waals surface area contributed by atoms with Crippen molar-refractivity contribution in [2.24, 2.45) is 0 Å². The molecule has 0 saturated heterocycles. The van der Waals surface area contributed by atoms with Crippen LogP contribution >= 0.6 is 0 Å². The molecule has 0 unspecified atom stereocenters. The van der Waals surface area contributed by atoms with E-state index in [4.69, 9.17) is 5.11 Å². The second-order valence-electron chi connectivity index (χ2n) is 6.38. The first-order valence-electron chi connectivity index (χ1n) is 8.48. The number of rotatable bonds is 8. The van der Waals surface area contributed by atoms with E-state index >= 15 is 0 Å². The number of hydrogen-bond acceptors (Lipinski definition) is 3. The summed E-state index contributed by atoms with van der Waals surface area (Å²) in [5, 5.41) is 9.16. The molecule has 4 nitrogen and oxygen atoms in total. The second kappa shape index (κ2) is 9.40. The zero-order valence-corrected chi connectivity index (χ0v) is 15.0. The standard InChI is InChI=1S/C20H24F2N2O2/c1-23(2)19(16-6-10-18(22)11-7-16)20(26)24(12-3-13-25)14-15-4-8-17(21)9-5-15/h4-11,19,25H,3,12-14H2,1-2H3/t19-/m1/s1. The van der Waals surface area contributed by atoms with Crippen molar-refractivity contribution in [1.82, 2.24) is 9.80 Å². The Kier molecular flexibility index (Phi) is 7.24. The Labute approximate surface area is 152 Å². The number of aliphatic hydroxyl groups excluding tert-OH is 1. The lowest BCUT2D eigenvalue weighted by atomic mass is 10.0. The lowest BCUT2D eigenvalue weighted by Crippen LogP contribution is -2.41. The molecule has 2 aromatic rings. The Balaban J connectivity index is 2.26. The molecule has 2 rings (SSSR count). The average Bonchev–Trinajstić information content (AvgIpc) is 2.61. The maximum atomic E-state index is 13.2. The minimum atomic E-state index is -0.574. The number of aliphatic hydroxyl groups is 1. The van der Waals surface area contributed by atoms with E-state index in [1.165, 1.54) is 24.3 Å².